The highest BCUT2D eigenvalue weighted by molar-refractivity contribution is 7.92. The van der Waals surface area contributed by atoms with Gasteiger partial charge in [0.2, 0.25) is 0 Å². The molecule has 0 saturated heterocycles. The molecule has 0 amide bonds. The molecule has 0 aromatic heterocycles. The molecule has 0 saturated carbocycles. The maximum Gasteiger partial charge on any atom is 0.261 e. The van der Waals surface area contributed by atoms with Crippen LogP contribution in [0.4, 0.5) is 5.69 Å². The van der Waals surface area contributed by atoms with E-state index < -0.39 is 10.0 Å². The van der Waals surface area contributed by atoms with Gasteiger partial charge in [0.05, 0.1) is 4.90 Å². The van der Waals surface area contributed by atoms with Gasteiger partial charge in [0.25, 0.3) is 10.0 Å². The summed E-state index contributed by atoms with van der Waals surface area (Å²) in [4.78, 5) is 0.280. The van der Waals surface area contributed by atoms with Gasteiger partial charge in [0.15, 0.2) is 0 Å². The summed E-state index contributed by atoms with van der Waals surface area (Å²) >= 11 is 0. The van der Waals surface area contributed by atoms with Crippen molar-refractivity contribution < 1.29 is 8.42 Å². The molecule has 0 unspecified atom stereocenters. The Bertz CT molecular complexity index is 726. The summed E-state index contributed by atoms with van der Waals surface area (Å²) in [7, 11) is -3.53. The average molecular weight is 303 g/mol. The molecule has 0 atom stereocenters. The average Bonchev–Trinajstić information content (AvgIpc) is 2.38. The first kappa shape index (κ1) is 15.6. The lowest BCUT2D eigenvalue weighted by molar-refractivity contribution is 0.590. The van der Waals surface area contributed by atoms with Gasteiger partial charge in [-0.05, 0) is 47.7 Å². The van der Waals surface area contributed by atoms with E-state index in [4.69, 9.17) is 0 Å². The van der Waals surface area contributed by atoms with Gasteiger partial charge in [-0.15, -0.1) is 0 Å². The summed E-state index contributed by atoms with van der Waals surface area (Å²) < 4.78 is 27.3. The molecule has 2 aromatic carbocycles. The van der Waals surface area contributed by atoms with E-state index >= 15 is 0 Å². The van der Waals surface area contributed by atoms with Gasteiger partial charge in [-0.3, -0.25) is 4.72 Å². The van der Waals surface area contributed by atoms with Crippen LogP contribution >= 0.6 is 0 Å². The molecule has 0 radical (unpaired) electrons. The van der Waals surface area contributed by atoms with Crippen molar-refractivity contribution in [2.75, 3.05) is 4.72 Å². The van der Waals surface area contributed by atoms with Crippen LogP contribution in [0.1, 0.15) is 31.9 Å². The number of benzene rings is 2. The van der Waals surface area contributed by atoms with Crippen molar-refractivity contribution in [1.29, 1.82) is 0 Å². The molecule has 0 aliphatic rings. The first-order valence-electron chi connectivity index (χ1n) is 6.88. The van der Waals surface area contributed by atoms with Crippen molar-refractivity contribution >= 4 is 15.7 Å². The third kappa shape index (κ3) is 3.85. The number of rotatable bonds is 3. The molecule has 0 bridgehead atoms. The van der Waals surface area contributed by atoms with Crippen LogP contribution in [-0.2, 0) is 15.4 Å². The van der Waals surface area contributed by atoms with Crippen LogP contribution in [0.2, 0.25) is 0 Å². The molecular formula is C17H21NO2S. The Morgan fingerprint density at radius 3 is 2.10 bits per heavy atom. The molecule has 112 valence electrons. The lowest BCUT2D eigenvalue weighted by Crippen LogP contribution is -2.14. The Morgan fingerprint density at radius 2 is 1.57 bits per heavy atom. The molecule has 3 nitrogen and oxygen atoms in total. The van der Waals surface area contributed by atoms with E-state index in [0.717, 1.165) is 5.56 Å². The minimum absolute atomic E-state index is 0.0496. The van der Waals surface area contributed by atoms with Crippen LogP contribution in [0.15, 0.2) is 53.4 Å². The molecule has 2 rings (SSSR count). The Morgan fingerprint density at radius 1 is 0.952 bits per heavy atom. The molecular weight excluding hydrogens is 282 g/mol. The molecule has 0 aliphatic heterocycles. The monoisotopic (exact) mass is 303 g/mol. The third-order valence-electron chi connectivity index (χ3n) is 3.30. The summed E-state index contributed by atoms with van der Waals surface area (Å²) in [5, 5.41) is 0. The molecule has 4 heteroatoms. The number of anilines is 1. The molecule has 21 heavy (non-hydrogen) atoms. The lowest BCUT2D eigenvalue weighted by Gasteiger charge is -2.19. The fraction of sp³-hybridized carbons (Fsp3) is 0.294. The second-order valence-corrected chi connectivity index (χ2v) is 7.93. The number of hydrogen-bond donors (Lipinski definition) is 1. The van der Waals surface area contributed by atoms with Gasteiger partial charge in [0, 0.05) is 5.69 Å². The number of hydrogen-bond acceptors (Lipinski definition) is 2. The van der Waals surface area contributed by atoms with Gasteiger partial charge < -0.3 is 0 Å². The highest BCUT2D eigenvalue weighted by Crippen LogP contribution is 2.24. The molecule has 1 N–H and O–H groups in total. The zero-order valence-electron chi connectivity index (χ0n) is 12.8. The standard InChI is InChI=1S/C17H21NO2S/c1-13-6-5-7-16(12-13)21(19,20)18-15-10-8-14(9-11-15)17(2,3)4/h5-12,18H,1-4H3. The van der Waals surface area contributed by atoms with Crippen molar-refractivity contribution in [1.82, 2.24) is 0 Å². The Kier molecular flexibility index (Phi) is 4.10. The van der Waals surface area contributed by atoms with Crippen LogP contribution < -0.4 is 4.72 Å². The van der Waals surface area contributed by atoms with Crippen molar-refractivity contribution in [2.24, 2.45) is 0 Å². The Labute approximate surface area is 127 Å². The van der Waals surface area contributed by atoms with E-state index in [1.165, 1.54) is 5.56 Å². The Hall–Kier alpha value is -1.81. The van der Waals surface area contributed by atoms with Gasteiger partial charge in [0.1, 0.15) is 0 Å². The van der Waals surface area contributed by atoms with E-state index in [1.807, 2.05) is 25.1 Å². The van der Waals surface area contributed by atoms with Gasteiger partial charge >= 0.3 is 0 Å². The highest BCUT2D eigenvalue weighted by Gasteiger charge is 2.16. The molecule has 0 fully saturated rings. The molecule has 2 aromatic rings. The summed E-state index contributed by atoms with van der Waals surface area (Å²) in [6, 6.07) is 14.4. The minimum atomic E-state index is -3.53. The van der Waals surface area contributed by atoms with Crippen molar-refractivity contribution in [2.45, 2.75) is 38.0 Å². The SMILES string of the molecule is Cc1cccc(S(=O)(=O)Nc2ccc(C(C)(C)C)cc2)c1. The predicted octanol–water partition coefficient (Wildman–Crippen LogP) is 4.09. The van der Waals surface area contributed by atoms with Crippen LogP contribution in [0.3, 0.4) is 0 Å². The second-order valence-electron chi connectivity index (χ2n) is 6.25. The lowest BCUT2D eigenvalue weighted by atomic mass is 9.87. The van der Waals surface area contributed by atoms with Crippen LogP contribution in [0, 0.1) is 6.92 Å². The summed E-state index contributed by atoms with van der Waals surface area (Å²) in [6.07, 6.45) is 0. The van der Waals surface area contributed by atoms with E-state index in [0.29, 0.717) is 5.69 Å². The minimum Gasteiger partial charge on any atom is -0.280 e. The van der Waals surface area contributed by atoms with Crippen LogP contribution in [0.25, 0.3) is 0 Å². The maximum atomic E-state index is 12.3. The van der Waals surface area contributed by atoms with E-state index in [1.54, 1.807) is 30.3 Å². The van der Waals surface area contributed by atoms with Gasteiger partial charge in [-0.1, -0.05) is 45.0 Å². The largest absolute Gasteiger partial charge is 0.280 e. The maximum absolute atomic E-state index is 12.3. The van der Waals surface area contributed by atoms with Crippen molar-refractivity contribution in [3.8, 4) is 0 Å². The summed E-state index contributed by atoms with van der Waals surface area (Å²) in [5.41, 5.74) is 2.71. The normalized spacial score (nSPS) is 12.2. The first-order valence-corrected chi connectivity index (χ1v) is 8.37. The van der Waals surface area contributed by atoms with Gasteiger partial charge in [-0.2, -0.15) is 0 Å². The fourth-order valence-electron chi connectivity index (χ4n) is 2.03. The zero-order valence-corrected chi connectivity index (χ0v) is 13.7. The quantitative estimate of drug-likeness (QED) is 0.928. The zero-order chi connectivity index (χ0) is 15.7. The van der Waals surface area contributed by atoms with Crippen molar-refractivity contribution in [3.05, 3.63) is 59.7 Å². The molecule has 0 spiro atoms. The van der Waals surface area contributed by atoms with Crippen LogP contribution in [0.5, 0.6) is 0 Å². The topological polar surface area (TPSA) is 46.2 Å². The second kappa shape index (κ2) is 5.53. The van der Waals surface area contributed by atoms with Crippen molar-refractivity contribution in [3.63, 3.8) is 0 Å². The first-order chi connectivity index (χ1) is 9.68. The fourth-order valence-corrected chi connectivity index (χ4v) is 3.20. The number of nitrogens with one attached hydrogen (secondary N) is 1. The smallest absolute Gasteiger partial charge is 0.261 e. The summed E-state index contributed by atoms with van der Waals surface area (Å²) in [6.45, 7) is 8.24. The highest BCUT2D eigenvalue weighted by atomic mass is 32.2. The third-order valence-corrected chi connectivity index (χ3v) is 4.68. The Balaban J connectivity index is 2.25. The number of sulfonamides is 1. The summed E-state index contributed by atoms with van der Waals surface area (Å²) in [5.74, 6) is 0. The number of aryl methyl sites for hydroxylation is 1. The van der Waals surface area contributed by atoms with E-state index in [9.17, 15) is 8.42 Å². The predicted molar refractivity (Wildman–Crippen MR) is 87.1 cm³/mol. The van der Waals surface area contributed by atoms with Crippen LogP contribution in [-0.4, -0.2) is 8.42 Å². The van der Waals surface area contributed by atoms with Gasteiger partial charge in [-0.25, -0.2) is 8.42 Å². The van der Waals surface area contributed by atoms with E-state index in [2.05, 4.69) is 25.5 Å². The van der Waals surface area contributed by atoms with E-state index in [-0.39, 0.29) is 10.3 Å². The molecule has 0 heterocycles. The molecule has 0 aliphatic carbocycles.